The van der Waals surface area contributed by atoms with E-state index in [0.29, 0.717) is 0 Å². The van der Waals surface area contributed by atoms with Crippen LogP contribution in [0.5, 0.6) is 0 Å². The van der Waals surface area contributed by atoms with Crippen molar-refractivity contribution >= 4 is 29.9 Å². The van der Waals surface area contributed by atoms with Crippen molar-refractivity contribution in [1.29, 1.82) is 0 Å². The van der Waals surface area contributed by atoms with Gasteiger partial charge in [0.05, 0.1) is 0 Å². The van der Waals surface area contributed by atoms with E-state index >= 15 is 0 Å². The molecule has 0 amide bonds. The maximum absolute atomic E-state index is 4.35. The van der Waals surface area contributed by atoms with E-state index in [1.807, 2.05) is 7.05 Å². The first-order chi connectivity index (χ1) is 9.27. The number of hydrogen-bond acceptors (Lipinski definition) is 2. The molecule has 20 heavy (non-hydrogen) atoms. The summed E-state index contributed by atoms with van der Waals surface area (Å²) in [6, 6.07) is 0. The first-order valence-electron chi connectivity index (χ1n) is 7.92. The summed E-state index contributed by atoms with van der Waals surface area (Å²) in [5.74, 6) is 1.03. The molecular formula is C15H33IN4. The van der Waals surface area contributed by atoms with E-state index in [2.05, 4.69) is 34.1 Å². The molecular weight excluding hydrogens is 363 g/mol. The number of rotatable bonds is 6. The Morgan fingerprint density at radius 2 is 1.85 bits per heavy atom. The first kappa shape index (κ1) is 20.0. The Bertz CT molecular complexity index is 250. The minimum absolute atomic E-state index is 0. The zero-order chi connectivity index (χ0) is 13.9. The number of likely N-dealkylation sites (tertiary alicyclic amines) is 1. The Labute approximate surface area is 142 Å². The van der Waals surface area contributed by atoms with Gasteiger partial charge >= 0.3 is 0 Å². The highest BCUT2D eigenvalue weighted by Gasteiger charge is 2.09. The van der Waals surface area contributed by atoms with Gasteiger partial charge < -0.3 is 15.1 Å². The quantitative estimate of drug-likeness (QED) is 0.426. The average Bonchev–Trinajstić information content (AvgIpc) is 2.69. The summed E-state index contributed by atoms with van der Waals surface area (Å²) in [5, 5.41) is 3.48. The lowest BCUT2D eigenvalue weighted by atomic mass is 10.2. The number of guanidine groups is 1. The normalized spacial score (nSPS) is 17.2. The van der Waals surface area contributed by atoms with Gasteiger partial charge in [0.15, 0.2) is 5.96 Å². The maximum atomic E-state index is 4.35. The molecule has 1 fully saturated rings. The molecule has 4 nitrogen and oxygen atoms in total. The van der Waals surface area contributed by atoms with E-state index in [9.17, 15) is 0 Å². The van der Waals surface area contributed by atoms with Crippen LogP contribution in [0, 0.1) is 0 Å². The second-order valence-corrected chi connectivity index (χ2v) is 5.50. The number of aliphatic imine (C=N–C) groups is 1. The highest BCUT2D eigenvalue weighted by molar-refractivity contribution is 14.0. The number of hydrogen-bond donors (Lipinski definition) is 1. The van der Waals surface area contributed by atoms with Gasteiger partial charge in [-0.2, -0.15) is 0 Å². The van der Waals surface area contributed by atoms with Crippen LogP contribution in [0.1, 0.15) is 45.4 Å². The van der Waals surface area contributed by atoms with Crippen LogP contribution < -0.4 is 5.32 Å². The monoisotopic (exact) mass is 396 g/mol. The van der Waals surface area contributed by atoms with Crippen LogP contribution >= 0.6 is 24.0 Å². The SMILES string of the molecule is CCCCN(C)C(=NC)NCCN1CCCCCC1.I. The predicted octanol–water partition coefficient (Wildman–Crippen LogP) is 2.79. The van der Waals surface area contributed by atoms with Crippen LogP contribution in [0.15, 0.2) is 4.99 Å². The molecule has 120 valence electrons. The first-order valence-corrected chi connectivity index (χ1v) is 7.92. The molecule has 0 unspecified atom stereocenters. The van der Waals surface area contributed by atoms with Crippen LogP contribution in [0.25, 0.3) is 0 Å². The van der Waals surface area contributed by atoms with Crippen LogP contribution in [-0.4, -0.2) is 62.6 Å². The lowest BCUT2D eigenvalue weighted by molar-refractivity contribution is 0.288. The molecule has 0 bridgehead atoms. The van der Waals surface area contributed by atoms with Crippen molar-refractivity contribution in [3.63, 3.8) is 0 Å². The van der Waals surface area contributed by atoms with Crippen molar-refractivity contribution in [2.24, 2.45) is 4.99 Å². The van der Waals surface area contributed by atoms with Crippen LogP contribution in [0.2, 0.25) is 0 Å². The topological polar surface area (TPSA) is 30.9 Å². The highest BCUT2D eigenvalue weighted by atomic mass is 127. The van der Waals surface area contributed by atoms with Crippen molar-refractivity contribution < 1.29 is 0 Å². The molecule has 1 aliphatic heterocycles. The van der Waals surface area contributed by atoms with Crippen molar-refractivity contribution in [3.05, 3.63) is 0 Å². The minimum atomic E-state index is 0. The Morgan fingerprint density at radius 1 is 1.20 bits per heavy atom. The lowest BCUT2D eigenvalue weighted by Gasteiger charge is -2.24. The van der Waals surface area contributed by atoms with Crippen molar-refractivity contribution in [1.82, 2.24) is 15.1 Å². The maximum Gasteiger partial charge on any atom is 0.193 e. The Balaban J connectivity index is 0.00000361. The smallest absolute Gasteiger partial charge is 0.193 e. The number of nitrogens with one attached hydrogen (secondary N) is 1. The van der Waals surface area contributed by atoms with Crippen molar-refractivity contribution in [2.45, 2.75) is 45.4 Å². The van der Waals surface area contributed by atoms with Crippen LogP contribution in [0.3, 0.4) is 0 Å². The summed E-state index contributed by atoms with van der Waals surface area (Å²) in [5.41, 5.74) is 0. The summed E-state index contributed by atoms with van der Waals surface area (Å²) in [4.78, 5) is 9.17. The lowest BCUT2D eigenvalue weighted by Crippen LogP contribution is -2.43. The van der Waals surface area contributed by atoms with Gasteiger partial charge in [0.25, 0.3) is 0 Å². The molecule has 0 atom stereocenters. The number of halogens is 1. The van der Waals surface area contributed by atoms with Gasteiger partial charge in [-0.15, -0.1) is 24.0 Å². The summed E-state index contributed by atoms with van der Waals surface area (Å²) in [6.07, 6.45) is 8.01. The molecule has 1 N–H and O–H groups in total. The van der Waals surface area contributed by atoms with Crippen LogP contribution in [-0.2, 0) is 0 Å². The zero-order valence-corrected chi connectivity index (χ0v) is 15.9. The molecule has 0 spiro atoms. The molecule has 0 radical (unpaired) electrons. The standard InChI is InChI=1S/C15H32N4.HI/c1-4-5-11-18(3)15(16-2)17-10-14-19-12-8-6-7-9-13-19;/h4-14H2,1-3H3,(H,16,17);1H. The molecule has 0 aromatic rings. The Hall–Kier alpha value is -0.0400. The third-order valence-corrected chi connectivity index (χ3v) is 3.83. The van der Waals surface area contributed by atoms with Crippen molar-refractivity contribution in [3.8, 4) is 0 Å². The largest absolute Gasteiger partial charge is 0.355 e. The third-order valence-electron chi connectivity index (χ3n) is 3.83. The van der Waals surface area contributed by atoms with Gasteiger partial charge in [-0.1, -0.05) is 26.2 Å². The summed E-state index contributed by atoms with van der Waals surface area (Å²) < 4.78 is 0. The fourth-order valence-corrected chi connectivity index (χ4v) is 2.57. The molecule has 0 aromatic carbocycles. The van der Waals surface area contributed by atoms with E-state index in [-0.39, 0.29) is 24.0 Å². The van der Waals surface area contributed by atoms with Gasteiger partial charge in [-0.05, 0) is 32.4 Å². The van der Waals surface area contributed by atoms with Gasteiger partial charge in [0.2, 0.25) is 0 Å². The Kier molecular flexibility index (Phi) is 12.7. The summed E-state index contributed by atoms with van der Waals surface area (Å²) >= 11 is 0. The zero-order valence-electron chi connectivity index (χ0n) is 13.5. The molecule has 5 heteroatoms. The predicted molar refractivity (Wildman–Crippen MR) is 99.2 cm³/mol. The fourth-order valence-electron chi connectivity index (χ4n) is 2.57. The molecule has 0 aromatic heterocycles. The molecule has 0 saturated carbocycles. The molecule has 1 aliphatic rings. The second kappa shape index (κ2) is 12.7. The van der Waals surface area contributed by atoms with Gasteiger partial charge in [0, 0.05) is 33.7 Å². The van der Waals surface area contributed by atoms with Crippen LogP contribution in [0.4, 0.5) is 0 Å². The van der Waals surface area contributed by atoms with Gasteiger partial charge in [-0.3, -0.25) is 4.99 Å². The Morgan fingerprint density at radius 3 is 2.40 bits per heavy atom. The molecule has 1 rings (SSSR count). The van der Waals surface area contributed by atoms with Crippen molar-refractivity contribution in [2.75, 3.05) is 46.8 Å². The number of nitrogens with zero attached hydrogens (tertiary/aromatic N) is 3. The van der Waals surface area contributed by atoms with E-state index in [1.165, 1.54) is 51.6 Å². The summed E-state index contributed by atoms with van der Waals surface area (Å²) in [6.45, 7) is 7.99. The minimum Gasteiger partial charge on any atom is -0.355 e. The third kappa shape index (κ3) is 8.29. The van der Waals surface area contributed by atoms with Gasteiger partial charge in [-0.25, -0.2) is 0 Å². The summed E-state index contributed by atoms with van der Waals surface area (Å²) in [7, 11) is 3.99. The second-order valence-electron chi connectivity index (χ2n) is 5.50. The van der Waals surface area contributed by atoms with E-state index in [1.54, 1.807) is 0 Å². The molecule has 1 saturated heterocycles. The van der Waals surface area contributed by atoms with E-state index in [4.69, 9.17) is 0 Å². The van der Waals surface area contributed by atoms with E-state index < -0.39 is 0 Å². The van der Waals surface area contributed by atoms with E-state index in [0.717, 1.165) is 25.6 Å². The molecule has 1 heterocycles. The average molecular weight is 396 g/mol. The fraction of sp³-hybridized carbons (Fsp3) is 0.933. The highest BCUT2D eigenvalue weighted by Crippen LogP contribution is 2.08. The number of unbranched alkanes of at least 4 members (excludes halogenated alkanes) is 1. The van der Waals surface area contributed by atoms with Gasteiger partial charge in [0.1, 0.15) is 0 Å². The molecule has 0 aliphatic carbocycles.